The van der Waals surface area contributed by atoms with Crippen molar-refractivity contribution >= 4 is 16.9 Å². The van der Waals surface area contributed by atoms with Crippen LogP contribution in [-0.4, -0.2) is 49.3 Å². The predicted octanol–water partition coefficient (Wildman–Crippen LogP) is 3.65. The summed E-state index contributed by atoms with van der Waals surface area (Å²) < 4.78 is 30.0. The number of likely N-dealkylation sites (tertiary alicyclic amines) is 1. The molecule has 0 bridgehead atoms. The van der Waals surface area contributed by atoms with Crippen LogP contribution in [0.3, 0.4) is 0 Å². The highest BCUT2D eigenvalue weighted by Crippen LogP contribution is 2.33. The molecule has 0 unspecified atom stereocenters. The van der Waals surface area contributed by atoms with E-state index in [-0.39, 0.29) is 18.1 Å². The van der Waals surface area contributed by atoms with Crippen molar-refractivity contribution in [2.45, 2.75) is 31.6 Å². The molecule has 1 aliphatic heterocycles. The topological polar surface area (TPSA) is 90.8 Å². The number of nitrogens with zero attached hydrogens (tertiary/aromatic N) is 2. The lowest BCUT2D eigenvalue weighted by atomic mass is 9.91. The van der Waals surface area contributed by atoms with E-state index >= 15 is 0 Å². The van der Waals surface area contributed by atoms with E-state index in [0.29, 0.717) is 29.6 Å². The number of carbonyl (C=O) groups excluding carboxylic acids is 1. The van der Waals surface area contributed by atoms with Gasteiger partial charge in [0.15, 0.2) is 17.1 Å². The fourth-order valence-corrected chi connectivity index (χ4v) is 4.27. The lowest BCUT2D eigenvalue weighted by Crippen LogP contribution is -2.34. The van der Waals surface area contributed by atoms with Crippen LogP contribution in [0.5, 0.6) is 11.5 Å². The number of hydrogen-bond acceptors (Lipinski definition) is 6. The van der Waals surface area contributed by atoms with Crippen molar-refractivity contribution in [2.75, 3.05) is 33.4 Å². The van der Waals surface area contributed by atoms with E-state index in [1.54, 1.807) is 19.2 Å². The van der Waals surface area contributed by atoms with Crippen LogP contribution < -0.4 is 15.2 Å². The number of amides is 1. The van der Waals surface area contributed by atoms with Gasteiger partial charge in [0.1, 0.15) is 5.82 Å². The summed E-state index contributed by atoms with van der Waals surface area (Å²) in [7, 11) is 1.59. The molecule has 3 aromatic rings. The second-order valence-corrected chi connectivity index (χ2v) is 8.15. The van der Waals surface area contributed by atoms with Gasteiger partial charge in [-0.3, -0.25) is 4.79 Å². The fourth-order valence-electron chi connectivity index (χ4n) is 4.27. The van der Waals surface area contributed by atoms with Gasteiger partial charge in [-0.15, -0.1) is 0 Å². The number of carbonyl (C=O) groups is 1. The minimum atomic E-state index is -0.379. The molecule has 0 aliphatic carbocycles. The number of methoxy groups -OCH3 is 1. The Hall–Kier alpha value is -3.13. The Morgan fingerprint density at radius 1 is 1.22 bits per heavy atom. The maximum atomic E-state index is 13.4. The van der Waals surface area contributed by atoms with Crippen LogP contribution in [0.4, 0.5) is 4.39 Å². The molecule has 1 aromatic heterocycles. The molecule has 1 saturated heterocycles. The van der Waals surface area contributed by atoms with Crippen LogP contribution in [0.15, 0.2) is 40.9 Å². The Balaban J connectivity index is 1.25. The van der Waals surface area contributed by atoms with Crippen molar-refractivity contribution in [1.82, 2.24) is 10.1 Å². The lowest BCUT2D eigenvalue weighted by molar-refractivity contribution is -0.117. The number of primary amides is 1. The summed E-state index contributed by atoms with van der Waals surface area (Å²) >= 11 is 0. The average Bonchev–Trinajstić information content (AvgIpc) is 3.20. The third kappa shape index (κ3) is 5.19. The Labute approximate surface area is 186 Å². The Morgan fingerprint density at radius 2 is 2.03 bits per heavy atom. The van der Waals surface area contributed by atoms with E-state index < -0.39 is 0 Å². The number of aromatic nitrogens is 1. The molecule has 0 radical (unpaired) electrons. The zero-order chi connectivity index (χ0) is 22.5. The molecule has 2 heterocycles. The smallest absolute Gasteiger partial charge is 0.221 e. The maximum absolute atomic E-state index is 13.4. The molecule has 2 N–H and O–H groups in total. The lowest BCUT2D eigenvalue weighted by Gasteiger charge is -2.31. The van der Waals surface area contributed by atoms with Gasteiger partial charge in [0.05, 0.1) is 25.8 Å². The maximum Gasteiger partial charge on any atom is 0.221 e. The van der Waals surface area contributed by atoms with E-state index in [2.05, 4.69) is 10.1 Å². The van der Waals surface area contributed by atoms with Crippen molar-refractivity contribution in [3.8, 4) is 11.5 Å². The first-order valence-electron chi connectivity index (χ1n) is 10.9. The first-order chi connectivity index (χ1) is 15.5. The summed E-state index contributed by atoms with van der Waals surface area (Å²) in [5.74, 6) is 0.897. The second-order valence-electron chi connectivity index (χ2n) is 8.15. The van der Waals surface area contributed by atoms with Gasteiger partial charge in [0, 0.05) is 23.9 Å². The number of hydrogen-bond donors (Lipinski definition) is 1. The van der Waals surface area contributed by atoms with Crippen molar-refractivity contribution in [2.24, 2.45) is 5.73 Å². The van der Waals surface area contributed by atoms with Gasteiger partial charge in [-0.25, -0.2) is 4.39 Å². The van der Waals surface area contributed by atoms with E-state index in [1.165, 1.54) is 12.1 Å². The van der Waals surface area contributed by atoms with Crippen LogP contribution in [-0.2, 0) is 11.2 Å². The molecular weight excluding hydrogens is 413 g/mol. The summed E-state index contributed by atoms with van der Waals surface area (Å²) in [5, 5.41) is 5.12. The van der Waals surface area contributed by atoms with Gasteiger partial charge in [-0.1, -0.05) is 11.2 Å². The number of piperidine rings is 1. The SMILES string of the molecule is COc1ccc(CC(N)=O)cc1OCCCN1CCC(c2noc3cc(F)ccc23)CC1. The molecule has 0 saturated carbocycles. The molecule has 32 heavy (non-hydrogen) atoms. The fraction of sp³-hybridized carbons (Fsp3) is 0.417. The van der Waals surface area contributed by atoms with Gasteiger partial charge in [0.25, 0.3) is 0 Å². The number of nitrogens with two attached hydrogens (primary N) is 1. The summed E-state index contributed by atoms with van der Waals surface area (Å²) in [6, 6.07) is 10.0. The second kappa shape index (κ2) is 9.99. The Kier molecular flexibility index (Phi) is 6.90. The highest BCUT2D eigenvalue weighted by molar-refractivity contribution is 5.80. The largest absolute Gasteiger partial charge is 0.493 e. The molecule has 0 spiro atoms. The van der Waals surface area contributed by atoms with E-state index in [4.69, 9.17) is 19.7 Å². The minimum absolute atomic E-state index is 0.172. The van der Waals surface area contributed by atoms with Crippen molar-refractivity contribution < 1.29 is 23.2 Å². The highest BCUT2D eigenvalue weighted by Gasteiger charge is 2.25. The van der Waals surface area contributed by atoms with Crippen molar-refractivity contribution in [1.29, 1.82) is 0 Å². The monoisotopic (exact) mass is 441 g/mol. The van der Waals surface area contributed by atoms with Gasteiger partial charge < -0.3 is 24.6 Å². The zero-order valence-electron chi connectivity index (χ0n) is 18.2. The number of halogens is 1. The molecule has 1 aliphatic rings. The Bertz CT molecular complexity index is 1080. The van der Waals surface area contributed by atoms with Gasteiger partial charge in [-0.05, 0) is 62.2 Å². The summed E-state index contributed by atoms with van der Waals surface area (Å²) in [4.78, 5) is 13.6. The highest BCUT2D eigenvalue weighted by atomic mass is 19.1. The van der Waals surface area contributed by atoms with Gasteiger partial charge >= 0.3 is 0 Å². The standard InChI is InChI=1S/C24H28FN3O4/c1-30-20-6-3-16(14-23(26)29)13-22(20)31-12-2-9-28-10-7-17(8-11-28)24-19-5-4-18(25)15-21(19)32-27-24/h3-6,13,15,17H,2,7-12,14H2,1H3,(H2,26,29). The van der Waals surface area contributed by atoms with E-state index in [0.717, 1.165) is 55.5 Å². The van der Waals surface area contributed by atoms with E-state index in [1.807, 2.05) is 12.1 Å². The van der Waals surface area contributed by atoms with Gasteiger partial charge in [0.2, 0.25) is 5.91 Å². The number of ether oxygens (including phenoxy) is 2. The van der Waals surface area contributed by atoms with Crippen LogP contribution in [0.25, 0.3) is 11.0 Å². The molecular formula is C24H28FN3O4. The number of benzene rings is 2. The van der Waals surface area contributed by atoms with Crippen molar-refractivity contribution in [3.05, 3.63) is 53.5 Å². The van der Waals surface area contributed by atoms with Gasteiger partial charge in [-0.2, -0.15) is 0 Å². The summed E-state index contributed by atoms with van der Waals surface area (Å²) in [6.45, 7) is 3.42. The van der Waals surface area contributed by atoms with E-state index in [9.17, 15) is 9.18 Å². The molecule has 1 fully saturated rings. The first kappa shape index (κ1) is 22.1. The summed E-state index contributed by atoms with van der Waals surface area (Å²) in [6.07, 6.45) is 3.02. The predicted molar refractivity (Wildman–Crippen MR) is 118 cm³/mol. The molecule has 1 amide bonds. The Morgan fingerprint density at radius 3 is 2.78 bits per heavy atom. The summed E-state index contributed by atoms with van der Waals surface area (Å²) in [5.41, 5.74) is 7.53. The van der Waals surface area contributed by atoms with Crippen LogP contribution in [0, 0.1) is 5.82 Å². The third-order valence-electron chi connectivity index (χ3n) is 5.92. The molecule has 7 nitrogen and oxygen atoms in total. The third-order valence-corrected chi connectivity index (χ3v) is 5.92. The quantitative estimate of drug-likeness (QED) is 0.510. The van der Waals surface area contributed by atoms with Crippen LogP contribution >= 0.6 is 0 Å². The normalized spacial score (nSPS) is 15.2. The minimum Gasteiger partial charge on any atom is -0.493 e. The first-order valence-corrected chi connectivity index (χ1v) is 10.9. The number of fused-ring (bicyclic) bond motifs is 1. The molecule has 4 rings (SSSR count). The average molecular weight is 442 g/mol. The molecule has 8 heteroatoms. The van der Waals surface area contributed by atoms with Crippen LogP contribution in [0.1, 0.15) is 36.4 Å². The van der Waals surface area contributed by atoms with Crippen LogP contribution in [0.2, 0.25) is 0 Å². The number of rotatable bonds is 9. The molecule has 170 valence electrons. The van der Waals surface area contributed by atoms with Crippen molar-refractivity contribution in [3.63, 3.8) is 0 Å². The molecule has 2 aromatic carbocycles. The zero-order valence-corrected chi connectivity index (χ0v) is 18.2. The molecule has 0 atom stereocenters.